The average Bonchev–Trinajstić information content (AvgIpc) is 3.32. The van der Waals surface area contributed by atoms with Gasteiger partial charge in [0.15, 0.2) is 5.13 Å². The van der Waals surface area contributed by atoms with E-state index < -0.39 is 11.6 Å². The van der Waals surface area contributed by atoms with Crippen LogP contribution in [0, 0.1) is 0 Å². The first kappa shape index (κ1) is 20.8. The number of aromatic carboxylic acids is 1. The number of morpholine rings is 1. The van der Waals surface area contributed by atoms with Crippen molar-refractivity contribution in [3.05, 3.63) is 39.9 Å². The molecule has 3 heterocycles. The first-order valence-electron chi connectivity index (χ1n) is 9.96. The molecule has 0 atom stereocenters. The highest BCUT2D eigenvalue weighted by Gasteiger charge is 2.32. The van der Waals surface area contributed by atoms with Crippen LogP contribution in [0.5, 0.6) is 0 Å². The molecule has 0 spiro atoms. The van der Waals surface area contributed by atoms with E-state index in [0.717, 1.165) is 28.2 Å². The Morgan fingerprint density at radius 1 is 1.23 bits per heavy atom. The SMILES string of the molecule is CC(C)(O)c1cccc2c1CCN2C(=O)Cc1nc(N2CCOCC2)sc1C(=O)O. The van der Waals surface area contributed by atoms with Crippen LogP contribution in [-0.2, 0) is 28.0 Å². The van der Waals surface area contributed by atoms with Crippen molar-refractivity contribution >= 4 is 34.0 Å². The fourth-order valence-electron chi connectivity index (χ4n) is 4.02. The molecule has 0 saturated carbocycles. The van der Waals surface area contributed by atoms with Crippen molar-refractivity contribution in [1.29, 1.82) is 0 Å². The molecular formula is C21H25N3O5S. The van der Waals surface area contributed by atoms with E-state index in [4.69, 9.17) is 4.74 Å². The molecule has 1 saturated heterocycles. The number of anilines is 2. The van der Waals surface area contributed by atoms with Crippen molar-refractivity contribution < 1.29 is 24.5 Å². The van der Waals surface area contributed by atoms with Crippen LogP contribution in [0.2, 0.25) is 0 Å². The lowest BCUT2D eigenvalue weighted by atomic mass is 9.92. The smallest absolute Gasteiger partial charge is 0.347 e. The zero-order chi connectivity index (χ0) is 21.5. The molecule has 1 fully saturated rings. The molecule has 1 aromatic carbocycles. The molecule has 2 N–H and O–H groups in total. The number of fused-ring (bicyclic) bond motifs is 1. The fraction of sp³-hybridized carbons (Fsp3) is 0.476. The maximum Gasteiger partial charge on any atom is 0.347 e. The van der Waals surface area contributed by atoms with E-state index in [1.807, 2.05) is 23.1 Å². The van der Waals surface area contributed by atoms with Crippen LogP contribution in [0.1, 0.15) is 40.3 Å². The molecule has 2 aliphatic rings. The third-order valence-corrected chi connectivity index (χ3v) is 6.61. The lowest BCUT2D eigenvalue weighted by molar-refractivity contribution is -0.117. The van der Waals surface area contributed by atoms with Crippen molar-refractivity contribution in [3.63, 3.8) is 0 Å². The van der Waals surface area contributed by atoms with Crippen LogP contribution >= 0.6 is 11.3 Å². The monoisotopic (exact) mass is 431 g/mol. The third kappa shape index (κ3) is 3.92. The van der Waals surface area contributed by atoms with E-state index >= 15 is 0 Å². The highest BCUT2D eigenvalue weighted by Crippen LogP contribution is 2.36. The van der Waals surface area contributed by atoms with Gasteiger partial charge in [-0.1, -0.05) is 23.5 Å². The number of carbonyl (C=O) groups excluding carboxylic acids is 1. The van der Waals surface area contributed by atoms with Gasteiger partial charge < -0.3 is 24.7 Å². The van der Waals surface area contributed by atoms with Gasteiger partial charge in [-0.3, -0.25) is 4.79 Å². The Morgan fingerprint density at radius 2 is 1.97 bits per heavy atom. The minimum atomic E-state index is -1.07. The second-order valence-electron chi connectivity index (χ2n) is 8.01. The molecule has 8 nitrogen and oxygen atoms in total. The summed E-state index contributed by atoms with van der Waals surface area (Å²) in [6, 6.07) is 5.58. The van der Waals surface area contributed by atoms with E-state index in [1.165, 1.54) is 0 Å². The summed E-state index contributed by atoms with van der Waals surface area (Å²) in [5.74, 6) is -1.26. The average molecular weight is 432 g/mol. The Balaban J connectivity index is 1.58. The molecule has 2 aliphatic heterocycles. The fourth-order valence-corrected chi connectivity index (χ4v) is 4.99. The van der Waals surface area contributed by atoms with Gasteiger partial charge in [-0.15, -0.1) is 0 Å². The highest BCUT2D eigenvalue weighted by atomic mass is 32.1. The number of hydrogen-bond acceptors (Lipinski definition) is 7. The molecule has 4 rings (SSSR count). The largest absolute Gasteiger partial charge is 0.477 e. The minimum absolute atomic E-state index is 0.0747. The Labute approximate surface area is 178 Å². The summed E-state index contributed by atoms with van der Waals surface area (Å²) in [4.78, 5) is 33.1. The summed E-state index contributed by atoms with van der Waals surface area (Å²) < 4.78 is 5.34. The highest BCUT2D eigenvalue weighted by molar-refractivity contribution is 7.17. The quantitative estimate of drug-likeness (QED) is 0.747. The third-order valence-electron chi connectivity index (χ3n) is 5.47. The first-order valence-corrected chi connectivity index (χ1v) is 10.8. The standard InChI is InChI=1S/C21H25N3O5S/c1-21(2,28)14-4-3-5-16-13(14)6-7-24(16)17(25)12-15-18(19(26)27)30-20(22-15)23-8-10-29-11-9-23/h3-5,28H,6-12H2,1-2H3,(H,26,27). The molecule has 0 aliphatic carbocycles. The second-order valence-corrected chi connectivity index (χ2v) is 8.99. The van der Waals surface area contributed by atoms with Gasteiger partial charge in [0.1, 0.15) is 4.88 Å². The number of carboxylic acid groups (broad SMARTS) is 1. The van der Waals surface area contributed by atoms with E-state index in [-0.39, 0.29) is 17.2 Å². The summed E-state index contributed by atoms with van der Waals surface area (Å²) in [7, 11) is 0. The van der Waals surface area contributed by atoms with Gasteiger partial charge in [-0.25, -0.2) is 9.78 Å². The predicted octanol–water partition coefficient (Wildman–Crippen LogP) is 2.04. The molecule has 2 aromatic rings. The number of carbonyl (C=O) groups is 2. The zero-order valence-electron chi connectivity index (χ0n) is 17.1. The number of aromatic nitrogens is 1. The van der Waals surface area contributed by atoms with Crippen molar-refractivity contribution in [2.75, 3.05) is 42.6 Å². The predicted molar refractivity (Wildman–Crippen MR) is 114 cm³/mol. The van der Waals surface area contributed by atoms with Crippen molar-refractivity contribution in [2.45, 2.75) is 32.3 Å². The number of aliphatic hydroxyl groups is 1. The second kappa shape index (κ2) is 7.98. The number of rotatable bonds is 5. The van der Waals surface area contributed by atoms with Gasteiger partial charge >= 0.3 is 5.97 Å². The Bertz CT molecular complexity index is 976. The first-order chi connectivity index (χ1) is 14.3. The number of nitrogens with zero attached hydrogens (tertiary/aromatic N) is 3. The molecule has 0 unspecified atom stereocenters. The Hall–Kier alpha value is -2.49. The van der Waals surface area contributed by atoms with Crippen LogP contribution in [0.15, 0.2) is 18.2 Å². The lowest BCUT2D eigenvalue weighted by Gasteiger charge is -2.26. The van der Waals surface area contributed by atoms with Crippen LogP contribution in [0.25, 0.3) is 0 Å². The zero-order valence-corrected chi connectivity index (χ0v) is 17.9. The summed E-state index contributed by atoms with van der Waals surface area (Å²) in [6.07, 6.45) is 0.581. The van der Waals surface area contributed by atoms with Crippen LogP contribution < -0.4 is 9.80 Å². The van der Waals surface area contributed by atoms with Gasteiger partial charge in [0.25, 0.3) is 0 Å². The van der Waals surface area contributed by atoms with Crippen molar-refractivity contribution in [2.24, 2.45) is 0 Å². The van der Waals surface area contributed by atoms with Crippen LogP contribution in [0.4, 0.5) is 10.8 Å². The summed E-state index contributed by atoms with van der Waals surface area (Å²) in [6.45, 7) is 6.42. The molecule has 0 bridgehead atoms. The number of hydrogen-bond donors (Lipinski definition) is 2. The topological polar surface area (TPSA) is 103 Å². The van der Waals surface area contributed by atoms with E-state index in [9.17, 15) is 19.8 Å². The van der Waals surface area contributed by atoms with Gasteiger partial charge in [0.05, 0.1) is 30.9 Å². The van der Waals surface area contributed by atoms with Gasteiger partial charge in [0.2, 0.25) is 5.91 Å². The molecular weight excluding hydrogens is 406 g/mol. The maximum atomic E-state index is 13.1. The number of amides is 1. The normalized spacial score (nSPS) is 16.6. The molecule has 1 amide bonds. The van der Waals surface area contributed by atoms with Crippen LogP contribution in [-0.4, -0.2) is 59.9 Å². The van der Waals surface area contributed by atoms with Crippen molar-refractivity contribution in [1.82, 2.24) is 4.98 Å². The summed E-state index contributed by atoms with van der Waals surface area (Å²) in [5.41, 5.74) is 1.85. The van der Waals surface area contributed by atoms with Crippen LogP contribution in [0.3, 0.4) is 0 Å². The molecule has 1 aromatic heterocycles. The van der Waals surface area contributed by atoms with Gasteiger partial charge in [0, 0.05) is 25.3 Å². The van der Waals surface area contributed by atoms with Gasteiger partial charge in [-0.2, -0.15) is 0 Å². The number of carboxylic acids is 1. The minimum Gasteiger partial charge on any atom is -0.477 e. The number of thiazole rings is 1. The van der Waals surface area contributed by atoms with E-state index in [2.05, 4.69) is 4.98 Å². The molecule has 30 heavy (non-hydrogen) atoms. The van der Waals surface area contributed by atoms with E-state index in [0.29, 0.717) is 50.1 Å². The summed E-state index contributed by atoms with van der Waals surface area (Å²) in [5, 5.41) is 20.7. The maximum absolute atomic E-state index is 13.1. The van der Waals surface area contributed by atoms with E-state index in [1.54, 1.807) is 18.7 Å². The van der Waals surface area contributed by atoms with Crippen molar-refractivity contribution in [3.8, 4) is 0 Å². The number of benzene rings is 1. The van der Waals surface area contributed by atoms with Gasteiger partial charge in [-0.05, 0) is 37.5 Å². The number of ether oxygens (including phenoxy) is 1. The Kier molecular flexibility index (Phi) is 5.52. The summed E-state index contributed by atoms with van der Waals surface area (Å²) >= 11 is 1.11. The molecule has 0 radical (unpaired) electrons. The molecule has 160 valence electrons. The molecule has 9 heteroatoms. The lowest BCUT2D eigenvalue weighted by Crippen LogP contribution is -2.36. The Morgan fingerprint density at radius 3 is 2.63 bits per heavy atom.